The summed E-state index contributed by atoms with van der Waals surface area (Å²) in [5.41, 5.74) is 7.68. The van der Waals surface area contributed by atoms with Crippen LogP contribution in [0.4, 0.5) is 10.1 Å². The molecule has 0 saturated heterocycles. The van der Waals surface area contributed by atoms with Crippen LogP contribution in [0.3, 0.4) is 0 Å². The molecule has 76 valence electrons. The minimum atomic E-state index is -0.128. The van der Waals surface area contributed by atoms with Crippen LogP contribution in [0.1, 0.15) is 12.5 Å². The Morgan fingerprint density at radius 1 is 1.57 bits per heavy atom. The van der Waals surface area contributed by atoms with E-state index in [1.54, 1.807) is 6.07 Å². The quantitative estimate of drug-likeness (QED) is 0.734. The van der Waals surface area contributed by atoms with Crippen LogP contribution in [-0.4, -0.2) is 19.1 Å². The van der Waals surface area contributed by atoms with E-state index in [9.17, 15) is 4.39 Å². The summed E-state index contributed by atoms with van der Waals surface area (Å²) in [5.74, 6) is -0.128. The summed E-state index contributed by atoms with van der Waals surface area (Å²) in [5, 5.41) is 0. The van der Waals surface area contributed by atoms with E-state index >= 15 is 0 Å². The van der Waals surface area contributed by atoms with E-state index < -0.39 is 0 Å². The van der Waals surface area contributed by atoms with Crippen molar-refractivity contribution in [3.8, 4) is 0 Å². The third-order valence-electron chi connectivity index (χ3n) is 2.71. The van der Waals surface area contributed by atoms with Crippen molar-refractivity contribution in [1.82, 2.24) is 0 Å². The first kappa shape index (κ1) is 9.46. The number of para-hydroxylation sites is 1. The van der Waals surface area contributed by atoms with Crippen LogP contribution in [0, 0.1) is 5.82 Å². The Labute approximate surface area is 83.5 Å². The molecule has 1 heterocycles. The zero-order valence-corrected chi connectivity index (χ0v) is 8.33. The maximum atomic E-state index is 13.6. The van der Waals surface area contributed by atoms with Crippen LogP contribution < -0.4 is 10.6 Å². The van der Waals surface area contributed by atoms with Gasteiger partial charge in [-0.1, -0.05) is 12.1 Å². The van der Waals surface area contributed by atoms with Gasteiger partial charge in [0, 0.05) is 19.1 Å². The summed E-state index contributed by atoms with van der Waals surface area (Å²) in [4.78, 5) is 2.01. The minimum absolute atomic E-state index is 0.128. The highest BCUT2D eigenvalue weighted by Gasteiger charge is 2.23. The third-order valence-corrected chi connectivity index (χ3v) is 2.71. The van der Waals surface area contributed by atoms with Crippen molar-refractivity contribution in [2.24, 2.45) is 5.73 Å². The second kappa shape index (κ2) is 3.58. The van der Waals surface area contributed by atoms with Gasteiger partial charge in [0.2, 0.25) is 0 Å². The molecule has 0 amide bonds. The number of fused-ring (bicyclic) bond motifs is 1. The molecule has 0 aromatic heterocycles. The van der Waals surface area contributed by atoms with Crippen LogP contribution >= 0.6 is 0 Å². The number of hydrogen-bond donors (Lipinski definition) is 1. The zero-order valence-electron chi connectivity index (χ0n) is 8.33. The topological polar surface area (TPSA) is 29.3 Å². The molecule has 1 aromatic rings. The van der Waals surface area contributed by atoms with Gasteiger partial charge in [-0.2, -0.15) is 0 Å². The van der Waals surface area contributed by atoms with Crippen molar-refractivity contribution < 1.29 is 4.39 Å². The van der Waals surface area contributed by atoms with Crippen LogP contribution in [0.5, 0.6) is 0 Å². The normalized spacial score (nSPS) is 20.8. The number of likely N-dealkylation sites (N-methyl/N-ethyl adjacent to an activating group) is 1. The van der Waals surface area contributed by atoms with Crippen molar-refractivity contribution in [2.75, 3.05) is 18.0 Å². The molecular formula is C11H15FN2. The smallest absolute Gasteiger partial charge is 0.146 e. The molecule has 1 atom stereocenters. The molecule has 0 fully saturated rings. The van der Waals surface area contributed by atoms with Crippen LogP contribution in [0.2, 0.25) is 0 Å². The van der Waals surface area contributed by atoms with Gasteiger partial charge >= 0.3 is 0 Å². The van der Waals surface area contributed by atoms with Crippen molar-refractivity contribution in [3.05, 3.63) is 29.6 Å². The number of nitrogens with two attached hydrogens (primary N) is 1. The van der Waals surface area contributed by atoms with Gasteiger partial charge in [0.1, 0.15) is 5.82 Å². The number of halogens is 1. The van der Waals surface area contributed by atoms with Crippen molar-refractivity contribution in [2.45, 2.75) is 19.4 Å². The van der Waals surface area contributed by atoms with E-state index in [2.05, 4.69) is 0 Å². The van der Waals surface area contributed by atoms with Gasteiger partial charge < -0.3 is 10.6 Å². The van der Waals surface area contributed by atoms with Crippen molar-refractivity contribution in [1.29, 1.82) is 0 Å². The van der Waals surface area contributed by atoms with E-state index in [1.165, 1.54) is 6.07 Å². The molecule has 2 nitrogen and oxygen atoms in total. The maximum absolute atomic E-state index is 13.6. The summed E-state index contributed by atoms with van der Waals surface area (Å²) in [6.45, 7) is 3.58. The largest absolute Gasteiger partial charge is 0.368 e. The first-order chi connectivity index (χ1) is 6.72. The summed E-state index contributed by atoms with van der Waals surface area (Å²) in [6.07, 6.45) is 0.781. The fraction of sp³-hybridized carbons (Fsp3) is 0.455. The second-order valence-corrected chi connectivity index (χ2v) is 3.75. The molecule has 1 unspecified atom stereocenters. The van der Waals surface area contributed by atoms with Gasteiger partial charge in [-0.05, 0) is 25.0 Å². The fourth-order valence-electron chi connectivity index (χ4n) is 2.09. The lowest BCUT2D eigenvalue weighted by atomic mass is 9.98. The Morgan fingerprint density at radius 3 is 3.07 bits per heavy atom. The van der Waals surface area contributed by atoms with Gasteiger partial charge in [0.05, 0.1) is 5.69 Å². The lowest BCUT2D eigenvalue weighted by Gasteiger charge is -2.33. The lowest BCUT2D eigenvalue weighted by Crippen LogP contribution is -2.43. The number of anilines is 1. The highest BCUT2D eigenvalue weighted by atomic mass is 19.1. The summed E-state index contributed by atoms with van der Waals surface area (Å²) < 4.78 is 13.6. The summed E-state index contributed by atoms with van der Waals surface area (Å²) >= 11 is 0. The molecule has 0 aliphatic carbocycles. The van der Waals surface area contributed by atoms with Gasteiger partial charge in [0.25, 0.3) is 0 Å². The van der Waals surface area contributed by atoms with Crippen LogP contribution in [-0.2, 0) is 6.42 Å². The van der Waals surface area contributed by atoms with Gasteiger partial charge in [-0.3, -0.25) is 0 Å². The number of benzene rings is 1. The van der Waals surface area contributed by atoms with E-state index in [4.69, 9.17) is 5.73 Å². The zero-order chi connectivity index (χ0) is 10.1. The number of hydrogen-bond acceptors (Lipinski definition) is 2. The second-order valence-electron chi connectivity index (χ2n) is 3.75. The monoisotopic (exact) mass is 194 g/mol. The summed E-state index contributed by atoms with van der Waals surface area (Å²) in [6, 6.07) is 5.35. The molecule has 3 heteroatoms. The highest BCUT2D eigenvalue weighted by molar-refractivity contribution is 5.57. The Bertz CT molecular complexity index is 338. The third kappa shape index (κ3) is 1.48. The maximum Gasteiger partial charge on any atom is 0.146 e. The van der Waals surface area contributed by atoms with Gasteiger partial charge in [0.15, 0.2) is 0 Å². The van der Waals surface area contributed by atoms with Crippen LogP contribution in [0.25, 0.3) is 0 Å². The van der Waals surface area contributed by atoms with Gasteiger partial charge in [-0.15, -0.1) is 0 Å². The fourth-order valence-corrected chi connectivity index (χ4v) is 2.09. The van der Waals surface area contributed by atoms with E-state index in [-0.39, 0.29) is 11.9 Å². The van der Waals surface area contributed by atoms with Crippen LogP contribution in [0.15, 0.2) is 18.2 Å². The molecule has 2 rings (SSSR count). The molecule has 0 spiro atoms. The Morgan fingerprint density at radius 2 is 2.36 bits per heavy atom. The average Bonchev–Trinajstić information content (AvgIpc) is 2.16. The predicted octanol–water partition coefficient (Wildman–Crippen LogP) is 1.54. The Balaban J connectivity index is 2.46. The first-order valence-electron chi connectivity index (χ1n) is 5.00. The Kier molecular flexibility index (Phi) is 2.42. The lowest BCUT2D eigenvalue weighted by molar-refractivity contribution is 0.568. The molecule has 14 heavy (non-hydrogen) atoms. The number of nitrogens with zero attached hydrogens (tertiary/aromatic N) is 1. The molecule has 0 radical (unpaired) electrons. The van der Waals surface area contributed by atoms with Crippen molar-refractivity contribution >= 4 is 5.69 Å². The molecule has 1 aliphatic heterocycles. The predicted molar refractivity (Wildman–Crippen MR) is 56.0 cm³/mol. The SMILES string of the molecule is CCN1CC(N)Cc2cccc(F)c21. The molecule has 1 aliphatic rings. The number of rotatable bonds is 1. The van der Waals surface area contributed by atoms with E-state index in [0.717, 1.165) is 30.8 Å². The standard InChI is InChI=1S/C11H15FN2/c1-2-14-7-9(13)6-8-4-3-5-10(12)11(8)14/h3-5,9H,2,6-7,13H2,1H3. The minimum Gasteiger partial charge on any atom is -0.368 e. The molecule has 1 aromatic carbocycles. The first-order valence-corrected chi connectivity index (χ1v) is 5.00. The molecule has 0 saturated carbocycles. The molecule has 0 bridgehead atoms. The summed E-state index contributed by atoms with van der Waals surface area (Å²) in [7, 11) is 0. The van der Waals surface area contributed by atoms with Gasteiger partial charge in [-0.25, -0.2) is 4.39 Å². The molecule has 2 N–H and O–H groups in total. The molecular weight excluding hydrogens is 179 g/mol. The van der Waals surface area contributed by atoms with E-state index in [0.29, 0.717) is 0 Å². The average molecular weight is 194 g/mol. The Hall–Kier alpha value is -1.09. The highest BCUT2D eigenvalue weighted by Crippen LogP contribution is 2.28. The van der Waals surface area contributed by atoms with E-state index in [1.807, 2.05) is 17.9 Å². The van der Waals surface area contributed by atoms with Crippen molar-refractivity contribution in [3.63, 3.8) is 0 Å².